The number of rotatable bonds is 5. The molecule has 5 heterocycles. The van der Waals surface area contributed by atoms with Crippen LogP contribution in [0.15, 0.2) is 67.6 Å². The number of aromatic nitrogens is 7. The number of aryl methyl sites for hydroxylation is 1. The molecule has 1 aliphatic rings. The molecule has 37 heavy (non-hydrogen) atoms. The van der Waals surface area contributed by atoms with Gasteiger partial charge in [0.1, 0.15) is 17.7 Å². The Bertz CT molecular complexity index is 1640. The molecular formula is C26H27FN10. The summed E-state index contributed by atoms with van der Waals surface area (Å²) in [5.41, 5.74) is 9.51. The summed E-state index contributed by atoms with van der Waals surface area (Å²) in [5, 5.41) is 8.32. The molecule has 1 aromatic carbocycles. The average Bonchev–Trinajstić information content (AvgIpc) is 3.61. The number of hydrogen-bond donors (Lipinski definition) is 1. The third kappa shape index (κ3) is 4.27. The first-order chi connectivity index (χ1) is 19.1. The standard InChI is InChI=1S/C26H27FN10/c1-26(28,20-3-5-22(27)6-4-20)21-13-29-25(30-14-21)36-9-7-35(8-10-36)24-23-11-18(16-37(23)33-17-31-24)19-12-32-34(2)15-19/h3-6,11-17H,7-10,28H2,1-2H3/t26-/m1/s1/i2D3. The topological polar surface area (TPSA) is 106 Å². The lowest BCUT2D eigenvalue weighted by Crippen LogP contribution is -2.47. The Kier molecular flexibility index (Phi) is 4.77. The molecule has 1 saturated heterocycles. The predicted molar refractivity (Wildman–Crippen MR) is 139 cm³/mol. The van der Waals surface area contributed by atoms with Gasteiger partial charge in [-0.3, -0.25) is 4.68 Å². The Morgan fingerprint density at radius 3 is 2.32 bits per heavy atom. The van der Waals surface area contributed by atoms with E-state index in [0.717, 1.165) is 32.7 Å². The van der Waals surface area contributed by atoms with E-state index in [1.807, 2.05) is 19.2 Å². The second-order valence-electron chi connectivity index (χ2n) is 9.27. The maximum atomic E-state index is 13.4. The summed E-state index contributed by atoms with van der Waals surface area (Å²) in [4.78, 5) is 18.0. The van der Waals surface area contributed by atoms with Gasteiger partial charge in [0.15, 0.2) is 5.82 Å². The van der Waals surface area contributed by atoms with Gasteiger partial charge in [0.05, 0.1) is 11.7 Å². The Balaban J connectivity index is 1.16. The lowest BCUT2D eigenvalue weighted by molar-refractivity contribution is 0.585. The Morgan fingerprint density at radius 1 is 0.892 bits per heavy atom. The zero-order chi connectivity index (χ0) is 28.1. The van der Waals surface area contributed by atoms with Crippen LogP contribution >= 0.6 is 0 Å². The summed E-state index contributed by atoms with van der Waals surface area (Å²) in [5.74, 6) is 1.09. The average molecular weight is 502 g/mol. The zero-order valence-corrected chi connectivity index (χ0v) is 20.2. The summed E-state index contributed by atoms with van der Waals surface area (Å²) in [6.45, 7) is 2.28. The monoisotopic (exact) mass is 501 g/mol. The zero-order valence-electron chi connectivity index (χ0n) is 23.2. The summed E-state index contributed by atoms with van der Waals surface area (Å²) < 4.78 is 38.7. The van der Waals surface area contributed by atoms with E-state index in [2.05, 4.69) is 34.9 Å². The summed E-state index contributed by atoms with van der Waals surface area (Å²) >= 11 is 0. The van der Waals surface area contributed by atoms with Crippen LogP contribution in [-0.2, 0) is 12.5 Å². The van der Waals surface area contributed by atoms with Gasteiger partial charge in [-0.15, -0.1) is 0 Å². The van der Waals surface area contributed by atoms with Crippen molar-refractivity contribution in [3.05, 3.63) is 84.6 Å². The van der Waals surface area contributed by atoms with Crippen LogP contribution in [0.2, 0.25) is 0 Å². The highest BCUT2D eigenvalue weighted by atomic mass is 19.1. The van der Waals surface area contributed by atoms with Crippen LogP contribution in [0.3, 0.4) is 0 Å². The fraction of sp³-hybridized carbons (Fsp3) is 0.269. The van der Waals surface area contributed by atoms with Crippen molar-refractivity contribution >= 4 is 17.3 Å². The van der Waals surface area contributed by atoms with Gasteiger partial charge in [-0.1, -0.05) is 12.1 Å². The molecular weight excluding hydrogens is 471 g/mol. The molecule has 4 aromatic heterocycles. The van der Waals surface area contributed by atoms with Gasteiger partial charge in [-0.05, 0) is 30.7 Å². The highest BCUT2D eigenvalue weighted by molar-refractivity contribution is 5.77. The van der Waals surface area contributed by atoms with Crippen molar-refractivity contribution in [2.24, 2.45) is 12.7 Å². The molecule has 1 aliphatic heterocycles. The third-order valence-electron chi connectivity index (χ3n) is 6.85. The predicted octanol–water partition coefficient (Wildman–Crippen LogP) is 2.61. The number of nitrogens with two attached hydrogens (primary N) is 1. The first-order valence-corrected chi connectivity index (χ1v) is 11.9. The fourth-order valence-electron chi connectivity index (χ4n) is 4.62. The van der Waals surface area contributed by atoms with Crippen LogP contribution < -0.4 is 15.5 Å². The molecule has 1 atom stereocenters. The Hall–Kier alpha value is -4.38. The number of benzene rings is 1. The van der Waals surface area contributed by atoms with Crippen molar-refractivity contribution in [2.75, 3.05) is 36.0 Å². The molecule has 0 bridgehead atoms. The number of fused-ring (bicyclic) bond motifs is 1. The summed E-state index contributed by atoms with van der Waals surface area (Å²) in [6, 6.07) is 8.07. The SMILES string of the molecule is [2H]C([2H])([2H])n1cc(-c2cc3c(N4CCN(c5ncc([C@](C)(N)c6ccc(F)cc6)cn5)CC4)ncnn3c2)cn1. The van der Waals surface area contributed by atoms with E-state index in [1.165, 1.54) is 30.9 Å². The van der Waals surface area contributed by atoms with E-state index in [0.29, 0.717) is 37.7 Å². The van der Waals surface area contributed by atoms with Crippen molar-refractivity contribution in [3.8, 4) is 11.1 Å². The largest absolute Gasteiger partial charge is 0.351 e. The molecule has 11 heteroatoms. The second kappa shape index (κ2) is 8.93. The highest BCUT2D eigenvalue weighted by Gasteiger charge is 2.26. The van der Waals surface area contributed by atoms with Crippen LogP contribution in [0.4, 0.5) is 16.2 Å². The van der Waals surface area contributed by atoms with E-state index in [1.54, 1.807) is 29.0 Å². The molecule has 0 amide bonds. The quantitative estimate of drug-likeness (QED) is 0.392. The number of nitrogens with zero attached hydrogens (tertiary/aromatic N) is 9. The maximum Gasteiger partial charge on any atom is 0.225 e. The maximum absolute atomic E-state index is 13.4. The van der Waals surface area contributed by atoms with Gasteiger partial charge in [0.25, 0.3) is 0 Å². The molecule has 0 aliphatic carbocycles. The summed E-state index contributed by atoms with van der Waals surface area (Å²) in [7, 11) is 0. The number of halogens is 1. The van der Waals surface area contributed by atoms with Crippen LogP contribution in [0, 0.1) is 5.82 Å². The van der Waals surface area contributed by atoms with Gasteiger partial charge in [-0.25, -0.2) is 23.9 Å². The molecule has 0 unspecified atom stereocenters. The minimum atomic E-state index is -2.33. The molecule has 5 aromatic rings. The Morgan fingerprint density at radius 2 is 1.62 bits per heavy atom. The summed E-state index contributed by atoms with van der Waals surface area (Å²) in [6.07, 6.45) is 9.84. The molecule has 1 fully saturated rings. The van der Waals surface area contributed by atoms with Gasteiger partial charge >= 0.3 is 0 Å². The number of hydrogen-bond acceptors (Lipinski definition) is 8. The van der Waals surface area contributed by atoms with Crippen LogP contribution in [0.25, 0.3) is 16.6 Å². The normalized spacial score (nSPS) is 17.3. The van der Waals surface area contributed by atoms with Gasteiger partial charge in [0, 0.05) is 78.7 Å². The van der Waals surface area contributed by atoms with Crippen molar-refractivity contribution in [1.82, 2.24) is 34.3 Å². The minimum absolute atomic E-state index is 0.312. The molecule has 2 N–H and O–H groups in total. The first-order valence-electron chi connectivity index (χ1n) is 13.4. The molecule has 188 valence electrons. The fourth-order valence-corrected chi connectivity index (χ4v) is 4.62. The second-order valence-corrected chi connectivity index (χ2v) is 9.27. The molecule has 0 saturated carbocycles. The smallest absolute Gasteiger partial charge is 0.225 e. The lowest BCUT2D eigenvalue weighted by atomic mass is 9.87. The highest BCUT2D eigenvalue weighted by Crippen LogP contribution is 2.29. The van der Waals surface area contributed by atoms with Crippen molar-refractivity contribution < 1.29 is 8.50 Å². The number of anilines is 2. The first kappa shape index (κ1) is 19.8. The van der Waals surface area contributed by atoms with Crippen LogP contribution in [-0.4, -0.2) is 60.5 Å². The third-order valence-corrected chi connectivity index (χ3v) is 6.85. The molecule has 0 radical (unpaired) electrons. The van der Waals surface area contributed by atoms with E-state index < -0.39 is 12.5 Å². The van der Waals surface area contributed by atoms with Crippen molar-refractivity contribution in [2.45, 2.75) is 12.5 Å². The van der Waals surface area contributed by atoms with E-state index in [9.17, 15) is 4.39 Å². The Labute approximate surface area is 217 Å². The van der Waals surface area contributed by atoms with Gasteiger partial charge in [0.2, 0.25) is 5.95 Å². The van der Waals surface area contributed by atoms with Gasteiger partial charge < -0.3 is 15.5 Å². The molecule has 10 nitrogen and oxygen atoms in total. The minimum Gasteiger partial charge on any atom is -0.351 e. The van der Waals surface area contributed by atoms with E-state index in [-0.39, 0.29) is 5.82 Å². The van der Waals surface area contributed by atoms with E-state index >= 15 is 0 Å². The van der Waals surface area contributed by atoms with Gasteiger partial charge in [-0.2, -0.15) is 10.2 Å². The molecule has 0 spiro atoms. The van der Waals surface area contributed by atoms with Crippen LogP contribution in [0.1, 0.15) is 22.2 Å². The lowest BCUT2D eigenvalue weighted by Gasteiger charge is -2.35. The molecule has 6 rings (SSSR count). The van der Waals surface area contributed by atoms with Crippen molar-refractivity contribution in [1.29, 1.82) is 0 Å². The van der Waals surface area contributed by atoms with Crippen molar-refractivity contribution in [3.63, 3.8) is 0 Å². The van der Waals surface area contributed by atoms with Crippen LogP contribution in [0.5, 0.6) is 0 Å². The number of piperazine rings is 1. The van der Waals surface area contributed by atoms with E-state index in [4.69, 9.17) is 9.85 Å².